The third-order valence-electron chi connectivity index (χ3n) is 6.20. The van der Waals surface area contributed by atoms with Crippen LogP contribution < -0.4 is 10.6 Å². The number of carbonyl (C=O) groups excluding carboxylic acids is 2. The molecule has 0 spiro atoms. The van der Waals surface area contributed by atoms with Gasteiger partial charge in [-0.1, -0.05) is 48.5 Å². The molecule has 31 heavy (non-hydrogen) atoms. The minimum atomic E-state index is -0.832. The van der Waals surface area contributed by atoms with E-state index in [4.69, 9.17) is 9.84 Å². The highest BCUT2D eigenvalue weighted by Crippen LogP contribution is 2.44. The Morgan fingerprint density at radius 1 is 1.03 bits per heavy atom. The van der Waals surface area contributed by atoms with Crippen molar-refractivity contribution in [2.45, 2.75) is 44.2 Å². The van der Waals surface area contributed by atoms with E-state index in [9.17, 15) is 14.4 Å². The second-order valence-electron chi connectivity index (χ2n) is 8.25. The van der Waals surface area contributed by atoms with Gasteiger partial charge in [-0.05, 0) is 48.4 Å². The number of hydrogen-bond acceptors (Lipinski definition) is 4. The van der Waals surface area contributed by atoms with E-state index in [1.807, 2.05) is 36.4 Å². The van der Waals surface area contributed by atoms with E-state index in [2.05, 4.69) is 22.8 Å². The van der Waals surface area contributed by atoms with E-state index in [0.29, 0.717) is 19.3 Å². The van der Waals surface area contributed by atoms with Crippen molar-refractivity contribution in [1.82, 2.24) is 10.6 Å². The molecule has 2 aromatic rings. The maximum atomic E-state index is 12.4. The number of hydrogen-bond donors (Lipinski definition) is 3. The quantitative estimate of drug-likeness (QED) is 0.663. The van der Waals surface area contributed by atoms with Gasteiger partial charge in [-0.3, -0.25) is 9.59 Å². The lowest BCUT2D eigenvalue weighted by Gasteiger charge is -2.19. The molecule has 0 heterocycles. The third-order valence-corrected chi connectivity index (χ3v) is 6.20. The van der Waals surface area contributed by atoms with Gasteiger partial charge >= 0.3 is 12.1 Å². The number of carboxylic acid groups (broad SMARTS) is 1. The van der Waals surface area contributed by atoms with Crippen LogP contribution in [-0.2, 0) is 14.3 Å². The zero-order chi connectivity index (χ0) is 22.0. The number of amides is 2. The predicted molar refractivity (Wildman–Crippen MR) is 115 cm³/mol. The summed E-state index contributed by atoms with van der Waals surface area (Å²) in [6.45, 7) is 1.76. The third kappa shape index (κ3) is 4.40. The number of aliphatic carboxylic acids is 1. The van der Waals surface area contributed by atoms with E-state index >= 15 is 0 Å². The second-order valence-corrected chi connectivity index (χ2v) is 8.25. The number of ether oxygens (including phenoxy) is 1. The first-order valence-electron chi connectivity index (χ1n) is 10.6. The smallest absolute Gasteiger partial charge is 0.407 e. The molecule has 2 aromatic carbocycles. The lowest BCUT2D eigenvalue weighted by molar-refractivity contribution is -0.141. The molecular weight excluding hydrogens is 396 g/mol. The number of nitrogens with one attached hydrogen (secondary N) is 2. The summed E-state index contributed by atoms with van der Waals surface area (Å²) >= 11 is 0. The van der Waals surface area contributed by atoms with Gasteiger partial charge in [-0.2, -0.15) is 0 Å². The standard InChI is InChI=1S/C24H26N2O5/c1-14(22(27)26-16-11-10-15(12-16)23(28)29)25-24(30)31-13-21-19-8-4-2-6-17(19)18-7-3-5-9-20(18)21/h2-9,14-16,21H,10-13H2,1H3,(H,25,30)(H,26,27)(H,28,29)/t14?,15-,16+/m0/s1. The fourth-order valence-corrected chi connectivity index (χ4v) is 4.55. The zero-order valence-corrected chi connectivity index (χ0v) is 17.3. The SMILES string of the molecule is CC(NC(=O)OCC1c2ccccc2-c2ccccc21)C(=O)N[C@@H]1CC[C@H](C(=O)O)C1. The number of carboxylic acids is 1. The Bertz CT molecular complexity index is 959. The van der Waals surface area contributed by atoms with Crippen molar-refractivity contribution in [3.8, 4) is 11.1 Å². The number of benzene rings is 2. The molecule has 0 saturated heterocycles. The molecule has 0 aromatic heterocycles. The van der Waals surface area contributed by atoms with Gasteiger partial charge in [0, 0.05) is 12.0 Å². The first kappa shape index (κ1) is 20.9. The van der Waals surface area contributed by atoms with Crippen LogP contribution in [0.1, 0.15) is 43.2 Å². The van der Waals surface area contributed by atoms with Crippen molar-refractivity contribution in [3.05, 3.63) is 59.7 Å². The molecule has 2 amide bonds. The lowest BCUT2D eigenvalue weighted by atomic mass is 9.98. The van der Waals surface area contributed by atoms with E-state index < -0.39 is 24.0 Å². The van der Waals surface area contributed by atoms with Gasteiger partial charge < -0.3 is 20.5 Å². The molecule has 3 atom stereocenters. The van der Waals surface area contributed by atoms with Gasteiger partial charge in [-0.15, -0.1) is 0 Å². The molecule has 162 valence electrons. The van der Waals surface area contributed by atoms with Gasteiger partial charge in [0.1, 0.15) is 12.6 Å². The Kier molecular flexibility index (Phi) is 5.93. The minimum absolute atomic E-state index is 0.0475. The number of alkyl carbamates (subject to hydrolysis) is 1. The Balaban J connectivity index is 1.30. The molecular formula is C24H26N2O5. The van der Waals surface area contributed by atoms with Crippen molar-refractivity contribution in [1.29, 1.82) is 0 Å². The summed E-state index contributed by atoms with van der Waals surface area (Å²) < 4.78 is 5.47. The molecule has 1 fully saturated rings. The van der Waals surface area contributed by atoms with Crippen LogP contribution in [0, 0.1) is 5.92 Å². The summed E-state index contributed by atoms with van der Waals surface area (Å²) in [5.41, 5.74) is 4.54. The van der Waals surface area contributed by atoms with E-state index in [1.54, 1.807) is 6.92 Å². The van der Waals surface area contributed by atoms with Crippen LogP contribution in [0.5, 0.6) is 0 Å². The summed E-state index contributed by atoms with van der Waals surface area (Å²) in [6, 6.07) is 15.2. The number of carbonyl (C=O) groups is 3. The molecule has 3 N–H and O–H groups in total. The molecule has 1 unspecified atom stereocenters. The monoisotopic (exact) mass is 422 g/mol. The molecule has 7 heteroatoms. The van der Waals surface area contributed by atoms with Crippen molar-refractivity contribution in [2.75, 3.05) is 6.61 Å². The molecule has 2 aliphatic carbocycles. The highest BCUT2D eigenvalue weighted by molar-refractivity contribution is 5.85. The lowest BCUT2D eigenvalue weighted by Crippen LogP contribution is -2.47. The highest BCUT2D eigenvalue weighted by Gasteiger charge is 2.32. The topological polar surface area (TPSA) is 105 Å². The summed E-state index contributed by atoms with van der Waals surface area (Å²) in [5.74, 6) is -1.64. The van der Waals surface area contributed by atoms with Gasteiger partial charge in [0.05, 0.1) is 5.92 Å². The average molecular weight is 422 g/mol. The number of fused-ring (bicyclic) bond motifs is 3. The Hall–Kier alpha value is -3.35. The normalized spacial score (nSPS) is 20.4. The predicted octanol–water partition coefficient (Wildman–Crippen LogP) is 3.28. The van der Waals surface area contributed by atoms with Crippen LogP contribution in [0.2, 0.25) is 0 Å². The molecule has 1 saturated carbocycles. The van der Waals surface area contributed by atoms with E-state index in [0.717, 1.165) is 22.3 Å². The minimum Gasteiger partial charge on any atom is -0.481 e. The first-order valence-corrected chi connectivity index (χ1v) is 10.6. The van der Waals surface area contributed by atoms with Crippen LogP contribution in [0.4, 0.5) is 4.79 Å². The van der Waals surface area contributed by atoms with Gasteiger partial charge in [0.25, 0.3) is 0 Å². The Morgan fingerprint density at radius 2 is 1.65 bits per heavy atom. The maximum Gasteiger partial charge on any atom is 0.407 e. The van der Waals surface area contributed by atoms with Crippen LogP contribution in [-0.4, -0.2) is 41.8 Å². The van der Waals surface area contributed by atoms with Crippen molar-refractivity contribution in [2.24, 2.45) is 5.92 Å². The summed E-state index contributed by atoms with van der Waals surface area (Å²) in [7, 11) is 0. The van der Waals surface area contributed by atoms with Crippen molar-refractivity contribution >= 4 is 18.0 Å². The van der Waals surface area contributed by atoms with Gasteiger partial charge in [0.2, 0.25) is 5.91 Å². The fourth-order valence-electron chi connectivity index (χ4n) is 4.55. The molecule has 4 rings (SSSR count). The summed E-state index contributed by atoms with van der Waals surface area (Å²) in [6.07, 6.45) is 0.937. The fraction of sp³-hybridized carbons (Fsp3) is 0.375. The van der Waals surface area contributed by atoms with E-state index in [1.165, 1.54) is 0 Å². The zero-order valence-electron chi connectivity index (χ0n) is 17.3. The van der Waals surface area contributed by atoms with Crippen molar-refractivity contribution in [3.63, 3.8) is 0 Å². The second kappa shape index (κ2) is 8.79. The molecule has 2 aliphatic rings. The summed E-state index contributed by atoms with van der Waals surface area (Å²) in [4.78, 5) is 35.8. The molecule has 0 bridgehead atoms. The van der Waals surface area contributed by atoms with Crippen LogP contribution >= 0.6 is 0 Å². The van der Waals surface area contributed by atoms with Gasteiger partial charge in [-0.25, -0.2) is 4.79 Å². The largest absolute Gasteiger partial charge is 0.481 e. The molecule has 7 nitrogen and oxygen atoms in total. The maximum absolute atomic E-state index is 12.4. The highest BCUT2D eigenvalue weighted by atomic mass is 16.5. The number of rotatable bonds is 6. The molecule has 0 radical (unpaired) electrons. The molecule has 0 aliphatic heterocycles. The van der Waals surface area contributed by atoms with Crippen molar-refractivity contribution < 1.29 is 24.2 Å². The average Bonchev–Trinajstić information content (AvgIpc) is 3.35. The Labute approximate surface area is 180 Å². The summed E-state index contributed by atoms with van der Waals surface area (Å²) in [5, 5.41) is 14.5. The van der Waals surface area contributed by atoms with Gasteiger partial charge in [0.15, 0.2) is 0 Å². The Morgan fingerprint density at radius 3 is 2.23 bits per heavy atom. The first-order chi connectivity index (χ1) is 14.9. The van der Waals surface area contributed by atoms with Crippen LogP contribution in [0.25, 0.3) is 11.1 Å². The van der Waals surface area contributed by atoms with E-state index in [-0.39, 0.29) is 24.5 Å². The van der Waals surface area contributed by atoms with Crippen LogP contribution in [0.15, 0.2) is 48.5 Å². The van der Waals surface area contributed by atoms with Crippen LogP contribution in [0.3, 0.4) is 0 Å².